The van der Waals surface area contributed by atoms with E-state index in [-0.39, 0.29) is 25.6 Å². The van der Waals surface area contributed by atoms with Crippen LogP contribution in [0.2, 0.25) is 0 Å². The van der Waals surface area contributed by atoms with E-state index >= 15 is 0 Å². The molecule has 2 aliphatic carbocycles. The summed E-state index contributed by atoms with van der Waals surface area (Å²) in [6.45, 7) is 9.96. The van der Waals surface area contributed by atoms with Crippen LogP contribution in [0.5, 0.6) is 0 Å². The molecule has 0 aromatic heterocycles. The van der Waals surface area contributed by atoms with E-state index in [2.05, 4.69) is 13.8 Å². The number of hydrogen-bond acceptors (Lipinski definition) is 6. The van der Waals surface area contributed by atoms with Crippen molar-refractivity contribution in [3.05, 3.63) is 0 Å². The van der Waals surface area contributed by atoms with Gasteiger partial charge in [0, 0.05) is 20.3 Å². The van der Waals surface area contributed by atoms with E-state index in [9.17, 15) is 5.11 Å². The van der Waals surface area contributed by atoms with Crippen LogP contribution in [0.25, 0.3) is 0 Å². The molecule has 2 heterocycles. The third-order valence-electron chi connectivity index (χ3n) is 8.82. The van der Waals surface area contributed by atoms with Gasteiger partial charge in [0.2, 0.25) is 0 Å². The maximum Gasteiger partial charge on any atom is 0.157 e. The molecule has 1 N–H and O–H groups in total. The topological polar surface area (TPSA) is 66.4 Å². The fraction of sp³-hybridized carbons (Fsp3) is 1.00. The number of aliphatic hydroxyl groups is 1. The molecular weight excluding hydrogens is 456 g/mol. The Morgan fingerprint density at radius 1 is 0.611 bits per heavy atom. The molecule has 0 spiro atoms. The average molecular weight is 515 g/mol. The van der Waals surface area contributed by atoms with E-state index in [1.807, 2.05) is 21.0 Å². The van der Waals surface area contributed by atoms with E-state index in [4.69, 9.17) is 23.7 Å². The minimum Gasteiger partial charge on any atom is -0.390 e. The maximum atomic E-state index is 9.98. The van der Waals surface area contributed by atoms with Gasteiger partial charge in [-0.3, -0.25) is 0 Å². The highest BCUT2D eigenvalue weighted by molar-refractivity contribution is 4.85. The van der Waals surface area contributed by atoms with Gasteiger partial charge in [-0.1, -0.05) is 7.43 Å². The first-order chi connectivity index (χ1) is 16.7. The van der Waals surface area contributed by atoms with Gasteiger partial charge in [0.15, 0.2) is 12.6 Å². The molecule has 6 heteroatoms. The summed E-state index contributed by atoms with van der Waals surface area (Å²) in [4.78, 5) is 0. The van der Waals surface area contributed by atoms with E-state index in [0.717, 1.165) is 64.6 Å². The van der Waals surface area contributed by atoms with Gasteiger partial charge in [0.25, 0.3) is 0 Å². The van der Waals surface area contributed by atoms with Crippen LogP contribution in [0.3, 0.4) is 0 Å². The third kappa shape index (κ3) is 10.5. The van der Waals surface area contributed by atoms with Gasteiger partial charge in [0.1, 0.15) is 0 Å². The molecule has 36 heavy (non-hydrogen) atoms. The molecule has 0 aromatic carbocycles. The quantitative estimate of drug-likeness (QED) is 0.394. The highest BCUT2D eigenvalue weighted by atomic mass is 16.7. The van der Waals surface area contributed by atoms with Crippen LogP contribution in [-0.2, 0) is 23.7 Å². The van der Waals surface area contributed by atoms with Crippen LogP contribution in [0, 0.1) is 11.8 Å². The zero-order valence-corrected chi connectivity index (χ0v) is 23.3. The van der Waals surface area contributed by atoms with Crippen LogP contribution < -0.4 is 0 Å². The molecule has 2 saturated heterocycles. The van der Waals surface area contributed by atoms with Gasteiger partial charge < -0.3 is 28.8 Å². The van der Waals surface area contributed by atoms with Gasteiger partial charge in [0.05, 0.1) is 23.4 Å². The molecule has 2 unspecified atom stereocenters. The maximum absolute atomic E-state index is 9.98. The Balaban J connectivity index is 0.000000247. The molecule has 0 aromatic rings. The summed E-state index contributed by atoms with van der Waals surface area (Å²) in [6.07, 6.45) is 16.8. The fourth-order valence-corrected chi connectivity index (χ4v) is 6.03. The first-order valence-corrected chi connectivity index (χ1v) is 14.5. The standard InChI is InChI=1S/C15H28O3.C14H26O3.CH4/c1-15(2,16-3)12-7-9-13(10-8-12)18-14-6-4-5-11-17-14;1-14(2,15)11-6-8-12(9-7-11)17-13-5-3-4-10-16-13;/h12-14H,4-11H2,1-3H3;11-13,15H,3-10H2,1-2H3;1H4. The molecule has 0 amide bonds. The minimum atomic E-state index is -0.535. The molecule has 0 radical (unpaired) electrons. The zero-order chi connectivity index (χ0) is 25.3. The summed E-state index contributed by atoms with van der Waals surface area (Å²) < 4.78 is 28.9. The minimum absolute atomic E-state index is 0. The van der Waals surface area contributed by atoms with Crippen molar-refractivity contribution >= 4 is 0 Å². The summed E-state index contributed by atoms with van der Waals surface area (Å²) in [5, 5.41) is 9.98. The predicted molar refractivity (Wildman–Crippen MR) is 145 cm³/mol. The lowest BCUT2D eigenvalue weighted by molar-refractivity contribution is -0.197. The molecule has 0 bridgehead atoms. The van der Waals surface area contributed by atoms with Gasteiger partial charge in [-0.2, -0.15) is 0 Å². The first kappa shape index (κ1) is 32.0. The lowest BCUT2D eigenvalue weighted by Gasteiger charge is -2.39. The number of rotatable bonds is 7. The van der Waals surface area contributed by atoms with Gasteiger partial charge >= 0.3 is 0 Å². The smallest absolute Gasteiger partial charge is 0.157 e. The molecule has 4 fully saturated rings. The summed E-state index contributed by atoms with van der Waals surface area (Å²) in [5.74, 6) is 1.09. The lowest BCUT2D eigenvalue weighted by Crippen LogP contribution is -2.38. The fourth-order valence-electron chi connectivity index (χ4n) is 6.03. The number of ether oxygens (including phenoxy) is 5. The summed E-state index contributed by atoms with van der Waals surface area (Å²) in [7, 11) is 1.82. The third-order valence-corrected chi connectivity index (χ3v) is 8.82. The Morgan fingerprint density at radius 3 is 1.36 bits per heavy atom. The largest absolute Gasteiger partial charge is 0.390 e. The second-order valence-corrected chi connectivity index (χ2v) is 12.3. The van der Waals surface area contributed by atoms with Gasteiger partial charge in [-0.25, -0.2) is 0 Å². The number of hydrogen-bond donors (Lipinski definition) is 1. The van der Waals surface area contributed by atoms with Crippen molar-refractivity contribution in [2.45, 2.75) is 161 Å². The second kappa shape index (κ2) is 15.4. The van der Waals surface area contributed by atoms with Crippen LogP contribution in [0.15, 0.2) is 0 Å². The Hall–Kier alpha value is -0.240. The highest BCUT2D eigenvalue weighted by Gasteiger charge is 2.35. The summed E-state index contributed by atoms with van der Waals surface area (Å²) in [6, 6.07) is 0. The van der Waals surface area contributed by atoms with E-state index < -0.39 is 5.60 Å². The normalized spacial score (nSPS) is 34.2. The van der Waals surface area contributed by atoms with E-state index in [0.29, 0.717) is 24.0 Å². The van der Waals surface area contributed by atoms with Crippen LogP contribution in [-0.4, -0.2) is 61.4 Å². The SMILES string of the molecule is C.CC(C)(O)C1CCC(OC2CCCCO2)CC1.COC(C)(C)C1CCC(OC2CCCCO2)CC1. The molecule has 4 rings (SSSR count). The molecule has 2 atom stereocenters. The van der Waals surface area contributed by atoms with Crippen molar-refractivity contribution in [1.29, 1.82) is 0 Å². The molecule has 2 aliphatic heterocycles. The lowest BCUT2D eigenvalue weighted by atomic mass is 9.78. The Morgan fingerprint density at radius 2 is 1.03 bits per heavy atom. The van der Waals surface area contributed by atoms with Crippen molar-refractivity contribution in [2.75, 3.05) is 20.3 Å². The Kier molecular flexibility index (Phi) is 13.7. The molecule has 6 nitrogen and oxygen atoms in total. The zero-order valence-electron chi connectivity index (χ0n) is 23.3. The highest BCUT2D eigenvalue weighted by Crippen LogP contribution is 2.36. The monoisotopic (exact) mass is 514 g/mol. The predicted octanol–water partition coefficient (Wildman–Crippen LogP) is 7.01. The first-order valence-electron chi connectivity index (χ1n) is 14.5. The molecular formula is C30H58O6. The van der Waals surface area contributed by atoms with Gasteiger partial charge in [-0.15, -0.1) is 0 Å². The average Bonchev–Trinajstić information content (AvgIpc) is 2.86. The van der Waals surface area contributed by atoms with E-state index in [1.54, 1.807) is 0 Å². The van der Waals surface area contributed by atoms with Crippen molar-refractivity contribution in [2.24, 2.45) is 11.8 Å². The summed E-state index contributed by atoms with van der Waals surface area (Å²) in [5.41, 5.74) is -0.529. The van der Waals surface area contributed by atoms with Crippen LogP contribution >= 0.6 is 0 Å². The van der Waals surface area contributed by atoms with Crippen molar-refractivity contribution in [3.63, 3.8) is 0 Å². The number of methoxy groups -OCH3 is 1. The molecule has 2 saturated carbocycles. The Labute approximate surface area is 222 Å². The van der Waals surface area contributed by atoms with Crippen molar-refractivity contribution in [1.82, 2.24) is 0 Å². The van der Waals surface area contributed by atoms with Crippen LogP contribution in [0.1, 0.15) is 125 Å². The van der Waals surface area contributed by atoms with Gasteiger partial charge in [-0.05, 0) is 129 Å². The summed E-state index contributed by atoms with van der Waals surface area (Å²) >= 11 is 0. The van der Waals surface area contributed by atoms with E-state index in [1.165, 1.54) is 38.5 Å². The van der Waals surface area contributed by atoms with Crippen molar-refractivity contribution in [3.8, 4) is 0 Å². The Bertz CT molecular complexity index is 560. The van der Waals surface area contributed by atoms with Crippen molar-refractivity contribution < 1.29 is 28.8 Å². The molecule has 214 valence electrons. The molecule has 4 aliphatic rings. The van der Waals surface area contributed by atoms with Crippen LogP contribution in [0.4, 0.5) is 0 Å². The second-order valence-electron chi connectivity index (χ2n) is 12.3.